The van der Waals surface area contributed by atoms with Crippen molar-refractivity contribution in [2.75, 3.05) is 13.2 Å². The number of rotatable bonds is 5. The molecule has 27 heavy (non-hydrogen) atoms. The summed E-state index contributed by atoms with van der Waals surface area (Å²) in [7, 11) is 1.88. The number of amides is 1. The average Bonchev–Trinajstić information content (AvgIpc) is 3.27. The summed E-state index contributed by atoms with van der Waals surface area (Å²) in [6.07, 6.45) is 10.9. The zero-order valence-corrected chi connectivity index (χ0v) is 16.1. The number of benzene rings is 1. The molecule has 1 aromatic carbocycles. The minimum Gasteiger partial charge on any atom is -0.375 e. The number of aryl methyl sites for hydroxylation is 1. The molecule has 5 heteroatoms. The number of likely N-dealkylation sites (tertiary alicyclic amines) is 1. The van der Waals surface area contributed by atoms with Crippen molar-refractivity contribution in [1.82, 2.24) is 14.5 Å². The minimum absolute atomic E-state index is 0.0401. The molecule has 1 amide bonds. The van der Waals surface area contributed by atoms with E-state index in [9.17, 15) is 4.79 Å². The number of hydrogen-bond acceptors (Lipinski definition) is 3. The lowest BCUT2D eigenvalue weighted by molar-refractivity contribution is 0.0484. The highest BCUT2D eigenvalue weighted by atomic mass is 16.5. The highest BCUT2D eigenvalue weighted by Crippen LogP contribution is 2.46. The van der Waals surface area contributed by atoms with Gasteiger partial charge in [-0.1, -0.05) is 49.6 Å². The van der Waals surface area contributed by atoms with Gasteiger partial charge >= 0.3 is 0 Å². The van der Waals surface area contributed by atoms with Gasteiger partial charge < -0.3 is 14.2 Å². The fourth-order valence-corrected chi connectivity index (χ4v) is 4.80. The van der Waals surface area contributed by atoms with Gasteiger partial charge in [-0.2, -0.15) is 0 Å². The number of ether oxygens (including phenoxy) is 1. The minimum atomic E-state index is 0.0401. The van der Waals surface area contributed by atoms with Crippen LogP contribution < -0.4 is 0 Å². The SMILES string of the molecule is Cn1ccnc1C(=O)N1CC2(CCCCC2)CC1COCc1ccccc1. The van der Waals surface area contributed by atoms with Crippen molar-refractivity contribution in [3.63, 3.8) is 0 Å². The maximum atomic E-state index is 13.2. The lowest BCUT2D eigenvalue weighted by Crippen LogP contribution is -2.40. The van der Waals surface area contributed by atoms with Crippen molar-refractivity contribution in [1.29, 1.82) is 0 Å². The van der Waals surface area contributed by atoms with Crippen molar-refractivity contribution in [3.8, 4) is 0 Å². The second kappa shape index (κ2) is 7.85. The molecule has 0 N–H and O–H groups in total. The van der Waals surface area contributed by atoms with Gasteiger partial charge in [0, 0.05) is 26.0 Å². The van der Waals surface area contributed by atoms with Crippen molar-refractivity contribution in [3.05, 3.63) is 54.1 Å². The molecule has 4 rings (SSSR count). The first kappa shape index (κ1) is 18.2. The van der Waals surface area contributed by atoms with Crippen LogP contribution in [0.1, 0.15) is 54.7 Å². The van der Waals surface area contributed by atoms with Crippen LogP contribution in [-0.4, -0.2) is 39.6 Å². The number of aromatic nitrogens is 2. The molecule has 2 fully saturated rings. The predicted octanol–water partition coefficient (Wildman–Crippen LogP) is 3.80. The summed E-state index contributed by atoms with van der Waals surface area (Å²) >= 11 is 0. The monoisotopic (exact) mass is 367 g/mol. The summed E-state index contributed by atoms with van der Waals surface area (Å²) in [5, 5.41) is 0. The molecule has 1 unspecified atom stereocenters. The van der Waals surface area contributed by atoms with E-state index in [1.807, 2.05) is 40.9 Å². The van der Waals surface area contributed by atoms with Gasteiger partial charge in [-0.25, -0.2) is 4.98 Å². The van der Waals surface area contributed by atoms with Crippen molar-refractivity contribution < 1.29 is 9.53 Å². The van der Waals surface area contributed by atoms with Gasteiger partial charge in [-0.15, -0.1) is 0 Å². The van der Waals surface area contributed by atoms with Crippen LogP contribution in [0.4, 0.5) is 0 Å². The smallest absolute Gasteiger partial charge is 0.290 e. The molecule has 1 aromatic heterocycles. The van der Waals surface area contributed by atoms with Gasteiger partial charge in [0.05, 0.1) is 19.3 Å². The molecule has 0 bridgehead atoms. The number of imidazole rings is 1. The van der Waals surface area contributed by atoms with Gasteiger partial charge in [0.25, 0.3) is 5.91 Å². The van der Waals surface area contributed by atoms with E-state index in [0.29, 0.717) is 19.0 Å². The van der Waals surface area contributed by atoms with Gasteiger partial charge in [0.15, 0.2) is 5.82 Å². The maximum Gasteiger partial charge on any atom is 0.290 e. The molecule has 144 valence electrons. The summed E-state index contributed by atoms with van der Waals surface area (Å²) in [6, 6.07) is 10.4. The lowest BCUT2D eigenvalue weighted by atomic mass is 9.73. The van der Waals surface area contributed by atoms with Gasteiger partial charge in [0.1, 0.15) is 0 Å². The van der Waals surface area contributed by atoms with E-state index < -0.39 is 0 Å². The summed E-state index contributed by atoms with van der Waals surface area (Å²) in [6.45, 7) is 2.03. The molecule has 2 aromatic rings. The molecule has 1 saturated carbocycles. The predicted molar refractivity (Wildman–Crippen MR) is 104 cm³/mol. The van der Waals surface area contributed by atoms with Crippen molar-refractivity contribution in [2.24, 2.45) is 12.5 Å². The van der Waals surface area contributed by atoms with E-state index in [2.05, 4.69) is 17.1 Å². The first-order valence-corrected chi connectivity index (χ1v) is 10.1. The molecular formula is C22H29N3O2. The highest BCUT2D eigenvalue weighted by Gasteiger charge is 2.46. The quantitative estimate of drug-likeness (QED) is 0.807. The fraction of sp³-hybridized carbons (Fsp3) is 0.545. The summed E-state index contributed by atoms with van der Waals surface area (Å²) in [4.78, 5) is 19.5. The maximum absolute atomic E-state index is 13.2. The van der Waals surface area contributed by atoms with Crippen LogP contribution in [0.25, 0.3) is 0 Å². The van der Waals surface area contributed by atoms with Crippen LogP contribution in [0, 0.1) is 5.41 Å². The van der Waals surface area contributed by atoms with Crippen LogP contribution in [-0.2, 0) is 18.4 Å². The van der Waals surface area contributed by atoms with E-state index in [1.54, 1.807) is 6.20 Å². The van der Waals surface area contributed by atoms with Crippen LogP contribution >= 0.6 is 0 Å². The summed E-state index contributed by atoms with van der Waals surface area (Å²) in [5.41, 5.74) is 1.45. The molecule has 1 atom stereocenters. The van der Waals surface area contributed by atoms with E-state index >= 15 is 0 Å². The molecule has 0 radical (unpaired) electrons. The Balaban J connectivity index is 1.47. The number of nitrogens with zero attached hydrogens (tertiary/aromatic N) is 3. The van der Waals surface area contributed by atoms with E-state index in [1.165, 1.54) is 37.7 Å². The van der Waals surface area contributed by atoms with Gasteiger partial charge in [-0.05, 0) is 30.2 Å². The Morgan fingerprint density at radius 2 is 2.00 bits per heavy atom. The van der Waals surface area contributed by atoms with Gasteiger partial charge in [-0.3, -0.25) is 4.79 Å². The Morgan fingerprint density at radius 1 is 1.22 bits per heavy atom. The zero-order chi connectivity index (χ0) is 18.7. The van der Waals surface area contributed by atoms with Gasteiger partial charge in [0.2, 0.25) is 0 Å². The number of hydrogen-bond donors (Lipinski definition) is 0. The zero-order valence-electron chi connectivity index (χ0n) is 16.1. The summed E-state index contributed by atoms with van der Waals surface area (Å²) in [5.74, 6) is 0.564. The standard InChI is InChI=1S/C22H29N3O2/c1-24-13-12-23-20(24)21(26)25-17-22(10-6-3-7-11-22)14-19(25)16-27-15-18-8-4-2-5-9-18/h2,4-5,8-9,12-13,19H,3,6-7,10-11,14-17H2,1H3. The Labute approximate surface area is 161 Å². The largest absolute Gasteiger partial charge is 0.375 e. The number of carbonyl (C=O) groups excluding carboxylic acids is 1. The van der Waals surface area contributed by atoms with Crippen LogP contribution in [0.3, 0.4) is 0 Å². The molecule has 2 aliphatic rings. The third-order valence-corrected chi connectivity index (χ3v) is 6.22. The van der Waals surface area contributed by atoms with E-state index in [-0.39, 0.29) is 17.4 Å². The Hall–Kier alpha value is -2.14. The molecule has 1 spiro atoms. The van der Waals surface area contributed by atoms with Crippen molar-refractivity contribution >= 4 is 5.91 Å². The number of carbonyl (C=O) groups is 1. The molecule has 2 heterocycles. The molecular weight excluding hydrogens is 338 g/mol. The lowest BCUT2D eigenvalue weighted by Gasteiger charge is -2.33. The average molecular weight is 367 g/mol. The van der Waals surface area contributed by atoms with Crippen LogP contribution in [0.2, 0.25) is 0 Å². The normalized spacial score (nSPS) is 21.7. The second-order valence-electron chi connectivity index (χ2n) is 8.21. The van der Waals surface area contributed by atoms with Crippen LogP contribution in [0.5, 0.6) is 0 Å². The molecule has 1 aliphatic carbocycles. The Morgan fingerprint density at radius 3 is 2.70 bits per heavy atom. The van der Waals surface area contributed by atoms with E-state index in [0.717, 1.165) is 13.0 Å². The Bertz CT molecular complexity index is 765. The molecule has 1 saturated heterocycles. The van der Waals surface area contributed by atoms with Crippen LogP contribution in [0.15, 0.2) is 42.7 Å². The highest BCUT2D eigenvalue weighted by molar-refractivity contribution is 5.91. The first-order chi connectivity index (χ1) is 13.2. The second-order valence-corrected chi connectivity index (χ2v) is 8.21. The van der Waals surface area contributed by atoms with Crippen molar-refractivity contribution in [2.45, 2.75) is 51.2 Å². The molecule has 5 nitrogen and oxygen atoms in total. The summed E-state index contributed by atoms with van der Waals surface area (Å²) < 4.78 is 7.86. The Kier molecular flexibility index (Phi) is 5.30. The third kappa shape index (κ3) is 3.93. The third-order valence-electron chi connectivity index (χ3n) is 6.22. The first-order valence-electron chi connectivity index (χ1n) is 10.1. The fourth-order valence-electron chi connectivity index (χ4n) is 4.80. The van der Waals surface area contributed by atoms with E-state index in [4.69, 9.17) is 4.74 Å². The topological polar surface area (TPSA) is 47.4 Å². The molecule has 1 aliphatic heterocycles.